The number of methoxy groups -OCH3 is 1. The highest BCUT2D eigenvalue weighted by Crippen LogP contribution is 2.17. The Morgan fingerprint density at radius 3 is 2.50 bits per heavy atom. The number of carbonyl (C=O) groups is 1. The van der Waals surface area contributed by atoms with Gasteiger partial charge in [0.2, 0.25) is 5.91 Å². The van der Waals surface area contributed by atoms with Gasteiger partial charge in [0.05, 0.1) is 13.1 Å². The van der Waals surface area contributed by atoms with Crippen molar-refractivity contribution in [2.24, 2.45) is 5.92 Å². The van der Waals surface area contributed by atoms with Crippen LogP contribution in [0, 0.1) is 5.92 Å². The second kappa shape index (κ2) is 6.94. The molecule has 1 aliphatic heterocycles. The van der Waals surface area contributed by atoms with E-state index in [1.54, 1.807) is 12.0 Å². The van der Waals surface area contributed by atoms with Gasteiger partial charge >= 0.3 is 6.18 Å². The molecule has 0 bridgehead atoms. The molecule has 1 aliphatic rings. The standard InChI is InChI=1S/C11H19F3N2O2/c1-18-7-9-2-4-16(5-3-9)10(17)6-15-8-11(12,13)14/h9,15H,2-8H2,1H3. The van der Waals surface area contributed by atoms with Crippen molar-refractivity contribution in [3.8, 4) is 0 Å². The van der Waals surface area contributed by atoms with Gasteiger partial charge in [0.15, 0.2) is 0 Å². The predicted molar refractivity (Wildman–Crippen MR) is 60.1 cm³/mol. The van der Waals surface area contributed by atoms with Crippen LogP contribution >= 0.6 is 0 Å². The Bertz CT molecular complexity index is 264. The Labute approximate surface area is 104 Å². The van der Waals surface area contributed by atoms with E-state index < -0.39 is 12.7 Å². The van der Waals surface area contributed by atoms with Gasteiger partial charge in [-0.05, 0) is 18.8 Å². The zero-order valence-corrected chi connectivity index (χ0v) is 10.4. The molecule has 1 amide bonds. The zero-order chi connectivity index (χ0) is 13.6. The van der Waals surface area contributed by atoms with Gasteiger partial charge in [-0.25, -0.2) is 0 Å². The molecule has 18 heavy (non-hydrogen) atoms. The number of ether oxygens (including phenoxy) is 1. The summed E-state index contributed by atoms with van der Waals surface area (Å²) in [5, 5.41) is 2.12. The van der Waals surface area contributed by atoms with Crippen LogP contribution in [0.5, 0.6) is 0 Å². The van der Waals surface area contributed by atoms with Crippen LogP contribution in [-0.4, -0.2) is 56.9 Å². The molecule has 0 saturated carbocycles. The molecule has 0 aliphatic carbocycles. The highest BCUT2D eigenvalue weighted by molar-refractivity contribution is 5.78. The number of alkyl halides is 3. The van der Waals surface area contributed by atoms with Crippen molar-refractivity contribution in [3.05, 3.63) is 0 Å². The Morgan fingerprint density at radius 1 is 1.39 bits per heavy atom. The fraction of sp³-hybridized carbons (Fsp3) is 0.909. The monoisotopic (exact) mass is 268 g/mol. The third-order valence-electron chi connectivity index (χ3n) is 2.97. The van der Waals surface area contributed by atoms with E-state index in [4.69, 9.17) is 4.74 Å². The summed E-state index contributed by atoms with van der Waals surface area (Å²) in [6.45, 7) is 0.489. The molecule has 1 saturated heterocycles. The smallest absolute Gasteiger partial charge is 0.384 e. The molecule has 1 N–H and O–H groups in total. The zero-order valence-electron chi connectivity index (χ0n) is 10.4. The van der Waals surface area contributed by atoms with Gasteiger partial charge in [-0.3, -0.25) is 4.79 Å². The number of likely N-dealkylation sites (tertiary alicyclic amines) is 1. The second-order valence-electron chi connectivity index (χ2n) is 4.50. The van der Waals surface area contributed by atoms with Gasteiger partial charge in [0.25, 0.3) is 0 Å². The minimum Gasteiger partial charge on any atom is -0.384 e. The number of nitrogens with one attached hydrogen (secondary N) is 1. The minimum absolute atomic E-state index is 0.256. The topological polar surface area (TPSA) is 41.6 Å². The Hall–Kier alpha value is -0.820. The third-order valence-corrected chi connectivity index (χ3v) is 2.97. The van der Waals surface area contributed by atoms with Crippen molar-refractivity contribution in [2.45, 2.75) is 19.0 Å². The van der Waals surface area contributed by atoms with Crippen molar-refractivity contribution in [1.29, 1.82) is 0 Å². The van der Waals surface area contributed by atoms with Gasteiger partial charge in [-0.2, -0.15) is 13.2 Å². The van der Waals surface area contributed by atoms with Crippen LogP contribution in [0.4, 0.5) is 13.2 Å². The first-order chi connectivity index (χ1) is 8.42. The quantitative estimate of drug-likeness (QED) is 0.809. The summed E-state index contributed by atoms with van der Waals surface area (Å²) in [6, 6.07) is 0. The van der Waals surface area contributed by atoms with Crippen molar-refractivity contribution in [1.82, 2.24) is 10.2 Å². The van der Waals surface area contributed by atoms with E-state index in [0.29, 0.717) is 25.6 Å². The minimum atomic E-state index is -4.27. The van der Waals surface area contributed by atoms with Crippen LogP contribution in [-0.2, 0) is 9.53 Å². The van der Waals surface area contributed by atoms with Crippen LogP contribution in [0.3, 0.4) is 0 Å². The molecule has 0 aromatic heterocycles. The average Bonchev–Trinajstić information content (AvgIpc) is 2.28. The summed E-state index contributed by atoms with van der Waals surface area (Å²) in [5.41, 5.74) is 0. The van der Waals surface area contributed by atoms with E-state index in [9.17, 15) is 18.0 Å². The number of halogens is 3. The highest BCUT2D eigenvalue weighted by Gasteiger charge is 2.27. The number of nitrogens with zero attached hydrogens (tertiary/aromatic N) is 1. The van der Waals surface area contributed by atoms with E-state index in [0.717, 1.165) is 12.8 Å². The Morgan fingerprint density at radius 2 is 2.00 bits per heavy atom. The maximum Gasteiger partial charge on any atom is 0.401 e. The van der Waals surface area contributed by atoms with E-state index in [2.05, 4.69) is 5.32 Å². The van der Waals surface area contributed by atoms with Gasteiger partial charge < -0.3 is 15.0 Å². The maximum absolute atomic E-state index is 11.9. The lowest BCUT2D eigenvalue weighted by Crippen LogP contribution is -2.44. The molecule has 0 atom stereocenters. The number of hydrogen-bond acceptors (Lipinski definition) is 3. The van der Waals surface area contributed by atoms with Crippen molar-refractivity contribution in [2.75, 3.05) is 39.9 Å². The molecule has 1 heterocycles. The van der Waals surface area contributed by atoms with Gasteiger partial charge in [0.1, 0.15) is 0 Å². The first-order valence-electron chi connectivity index (χ1n) is 5.96. The molecule has 1 rings (SSSR count). The lowest BCUT2D eigenvalue weighted by atomic mass is 9.98. The lowest BCUT2D eigenvalue weighted by molar-refractivity contribution is -0.135. The van der Waals surface area contributed by atoms with E-state index in [1.807, 2.05) is 0 Å². The fourth-order valence-corrected chi connectivity index (χ4v) is 2.01. The van der Waals surface area contributed by atoms with Crippen LogP contribution in [0.1, 0.15) is 12.8 Å². The number of carbonyl (C=O) groups excluding carboxylic acids is 1. The van der Waals surface area contributed by atoms with Crippen molar-refractivity contribution < 1.29 is 22.7 Å². The van der Waals surface area contributed by atoms with Gasteiger partial charge in [-0.1, -0.05) is 0 Å². The second-order valence-corrected chi connectivity index (χ2v) is 4.50. The van der Waals surface area contributed by atoms with E-state index >= 15 is 0 Å². The average molecular weight is 268 g/mol. The lowest BCUT2D eigenvalue weighted by Gasteiger charge is -2.31. The third kappa shape index (κ3) is 5.68. The molecule has 0 aromatic rings. The van der Waals surface area contributed by atoms with E-state index in [1.165, 1.54) is 0 Å². The van der Waals surface area contributed by atoms with Crippen molar-refractivity contribution >= 4 is 5.91 Å². The van der Waals surface area contributed by atoms with Crippen LogP contribution in [0.25, 0.3) is 0 Å². The number of piperidine rings is 1. The summed E-state index contributed by atoms with van der Waals surface area (Å²) < 4.78 is 40.7. The molecule has 1 fully saturated rings. The molecule has 0 unspecified atom stereocenters. The first-order valence-corrected chi connectivity index (χ1v) is 5.96. The molecule has 0 aromatic carbocycles. The van der Waals surface area contributed by atoms with Gasteiger partial charge in [-0.15, -0.1) is 0 Å². The summed E-state index contributed by atoms with van der Waals surface area (Å²) >= 11 is 0. The maximum atomic E-state index is 11.9. The number of hydrogen-bond donors (Lipinski definition) is 1. The SMILES string of the molecule is COCC1CCN(C(=O)CNCC(F)(F)F)CC1. The van der Waals surface area contributed by atoms with Gasteiger partial charge in [0, 0.05) is 26.8 Å². The molecule has 7 heteroatoms. The summed E-state index contributed by atoms with van der Waals surface area (Å²) in [7, 11) is 1.64. The summed E-state index contributed by atoms with van der Waals surface area (Å²) in [4.78, 5) is 13.2. The largest absolute Gasteiger partial charge is 0.401 e. The molecule has 4 nitrogen and oxygen atoms in total. The molecular formula is C11H19F3N2O2. The fourth-order valence-electron chi connectivity index (χ4n) is 2.01. The Balaban J connectivity index is 2.20. The Kier molecular flexibility index (Phi) is 5.87. The van der Waals surface area contributed by atoms with Crippen LogP contribution in [0.2, 0.25) is 0 Å². The van der Waals surface area contributed by atoms with Crippen molar-refractivity contribution in [3.63, 3.8) is 0 Å². The number of rotatable bonds is 5. The van der Waals surface area contributed by atoms with Crippen LogP contribution in [0.15, 0.2) is 0 Å². The first kappa shape index (κ1) is 15.2. The highest BCUT2D eigenvalue weighted by atomic mass is 19.4. The van der Waals surface area contributed by atoms with Crippen LogP contribution < -0.4 is 5.32 Å². The molecule has 0 radical (unpaired) electrons. The molecular weight excluding hydrogens is 249 g/mol. The summed E-state index contributed by atoms with van der Waals surface area (Å²) in [5.74, 6) is 0.178. The molecule has 0 spiro atoms. The molecule has 106 valence electrons. The normalized spacial score (nSPS) is 18.1. The predicted octanol–water partition coefficient (Wildman–Crippen LogP) is 1.02. The van der Waals surface area contributed by atoms with E-state index in [-0.39, 0.29) is 12.5 Å². The summed E-state index contributed by atoms with van der Waals surface area (Å²) in [6.07, 6.45) is -2.58. The number of amides is 1.